The lowest BCUT2D eigenvalue weighted by Gasteiger charge is -2.26. The van der Waals surface area contributed by atoms with Gasteiger partial charge < -0.3 is 10.2 Å². The first-order valence-corrected chi connectivity index (χ1v) is 3.94. The van der Waals surface area contributed by atoms with E-state index < -0.39 is 16.9 Å². The molecule has 0 aromatic carbocycles. The summed E-state index contributed by atoms with van der Waals surface area (Å²) in [7, 11) is 0. The van der Waals surface area contributed by atoms with Crippen molar-refractivity contribution in [3.05, 3.63) is 23.3 Å². The zero-order chi connectivity index (χ0) is 9.35. The third-order valence-corrected chi connectivity index (χ3v) is 2.60. The van der Waals surface area contributed by atoms with E-state index in [-0.39, 0.29) is 5.03 Å². The van der Waals surface area contributed by atoms with Crippen molar-refractivity contribution < 1.29 is 15.0 Å². The second-order valence-electron chi connectivity index (χ2n) is 2.40. The molecule has 0 aromatic rings. The van der Waals surface area contributed by atoms with Crippen molar-refractivity contribution in [3.8, 4) is 0 Å². The molecule has 1 aliphatic rings. The van der Waals surface area contributed by atoms with Crippen molar-refractivity contribution in [1.29, 1.82) is 0 Å². The van der Waals surface area contributed by atoms with Crippen LogP contribution in [-0.2, 0) is 4.79 Å². The Bertz CT molecular complexity index is 272. The van der Waals surface area contributed by atoms with Crippen LogP contribution >= 0.6 is 23.2 Å². The van der Waals surface area contributed by atoms with Crippen LogP contribution in [0, 0.1) is 0 Å². The fourth-order valence-corrected chi connectivity index (χ4v) is 1.32. The predicted octanol–water partition coefficient (Wildman–Crippen LogP) is 1.10. The number of allylic oxidation sites excluding steroid dienone is 2. The number of aliphatic carboxylic acids is 1. The van der Waals surface area contributed by atoms with Crippen LogP contribution in [0.15, 0.2) is 23.3 Å². The summed E-state index contributed by atoms with van der Waals surface area (Å²) in [5, 5.41) is 17.0. The van der Waals surface area contributed by atoms with E-state index in [1.165, 1.54) is 12.2 Å². The van der Waals surface area contributed by atoms with Crippen molar-refractivity contribution >= 4 is 29.2 Å². The van der Waals surface area contributed by atoms with Gasteiger partial charge in [-0.25, -0.2) is 4.79 Å². The summed E-state index contributed by atoms with van der Waals surface area (Å²) in [6.07, 6.45) is 3.89. The minimum Gasteiger partial charge on any atom is -0.479 e. The van der Waals surface area contributed by atoms with Crippen molar-refractivity contribution in [2.24, 2.45) is 0 Å². The highest BCUT2D eigenvalue weighted by Crippen LogP contribution is 2.30. The Morgan fingerprint density at radius 2 is 2.25 bits per heavy atom. The molecule has 0 aliphatic heterocycles. The highest BCUT2D eigenvalue weighted by atomic mass is 35.5. The minimum atomic E-state index is -2.09. The summed E-state index contributed by atoms with van der Waals surface area (Å²) in [5.41, 5.74) is -2.09. The van der Waals surface area contributed by atoms with Crippen LogP contribution in [-0.4, -0.2) is 27.2 Å². The quantitative estimate of drug-likeness (QED) is 0.635. The van der Waals surface area contributed by atoms with Crippen molar-refractivity contribution in [1.82, 2.24) is 0 Å². The van der Waals surface area contributed by atoms with E-state index >= 15 is 0 Å². The third-order valence-electron chi connectivity index (χ3n) is 1.58. The van der Waals surface area contributed by atoms with Gasteiger partial charge in [-0.3, -0.25) is 0 Å². The number of alkyl halides is 1. The Kier molecular flexibility index (Phi) is 2.46. The van der Waals surface area contributed by atoms with Gasteiger partial charge in [0.05, 0.1) is 0 Å². The van der Waals surface area contributed by atoms with Crippen LogP contribution in [0.1, 0.15) is 0 Å². The van der Waals surface area contributed by atoms with E-state index in [9.17, 15) is 9.90 Å². The number of hydrogen-bond acceptors (Lipinski definition) is 2. The average Bonchev–Trinajstić information content (AvgIpc) is 2.00. The van der Waals surface area contributed by atoms with Crippen LogP contribution in [0.2, 0.25) is 0 Å². The number of hydrogen-bond donors (Lipinski definition) is 2. The molecule has 0 aromatic heterocycles. The number of carboxylic acids is 1. The van der Waals surface area contributed by atoms with Gasteiger partial charge in [-0.05, 0) is 12.2 Å². The summed E-state index contributed by atoms with van der Waals surface area (Å²) in [5.74, 6) is -1.41. The highest BCUT2D eigenvalue weighted by Gasteiger charge is 2.43. The van der Waals surface area contributed by atoms with Gasteiger partial charge in [0.1, 0.15) is 5.38 Å². The molecular formula is C7H6Cl2O3. The molecule has 2 atom stereocenters. The first-order chi connectivity index (χ1) is 5.48. The van der Waals surface area contributed by atoms with E-state index in [0.29, 0.717) is 0 Å². The molecule has 66 valence electrons. The van der Waals surface area contributed by atoms with Crippen LogP contribution in [0.25, 0.3) is 0 Å². The van der Waals surface area contributed by atoms with E-state index in [2.05, 4.69) is 0 Å². The zero-order valence-corrected chi connectivity index (χ0v) is 7.38. The first kappa shape index (κ1) is 9.58. The Hall–Kier alpha value is -0.510. The summed E-state index contributed by atoms with van der Waals surface area (Å²) in [6.45, 7) is 0. The van der Waals surface area contributed by atoms with Gasteiger partial charge in [0.15, 0.2) is 0 Å². The zero-order valence-electron chi connectivity index (χ0n) is 5.87. The minimum absolute atomic E-state index is 0.115. The highest BCUT2D eigenvalue weighted by molar-refractivity contribution is 6.39. The van der Waals surface area contributed by atoms with Crippen LogP contribution < -0.4 is 0 Å². The molecule has 1 rings (SSSR count). The van der Waals surface area contributed by atoms with E-state index in [1.807, 2.05) is 0 Å². The van der Waals surface area contributed by atoms with Gasteiger partial charge in [0, 0.05) is 5.03 Å². The number of rotatable bonds is 1. The molecule has 12 heavy (non-hydrogen) atoms. The van der Waals surface area contributed by atoms with Crippen LogP contribution in [0.5, 0.6) is 0 Å². The Morgan fingerprint density at radius 3 is 2.67 bits per heavy atom. The van der Waals surface area contributed by atoms with Gasteiger partial charge in [-0.2, -0.15) is 0 Å². The van der Waals surface area contributed by atoms with Crippen molar-refractivity contribution in [3.63, 3.8) is 0 Å². The van der Waals surface area contributed by atoms with Crippen molar-refractivity contribution in [2.45, 2.75) is 11.0 Å². The van der Waals surface area contributed by atoms with Crippen molar-refractivity contribution in [2.75, 3.05) is 0 Å². The molecule has 1 aliphatic carbocycles. The fourth-order valence-electron chi connectivity index (χ4n) is 0.846. The number of halogens is 2. The van der Waals surface area contributed by atoms with Crippen LogP contribution in [0.3, 0.4) is 0 Å². The van der Waals surface area contributed by atoms with E-state index in [1.54, 1.807) is 0 Å². The molecule has 0 radical (unpaired) electrons. The molecule has 5 heteroatoms. The lowest BCUT2D eigenvalue weighted by Crippen LogP contribution is -2.46. The Balaban J connectivity index is 3.03. The molecule has 0 spiro atoms. The smallest absolute Gasteiger partial charge is 0.341 e. The average molecular weight is 209 g/mol. The molecule has 0 saturated heterocycles. The molecule has 0 amide bonds. The fraction of sp³-hybridized carbons (Fsp3) is 0.286. The third kappa shape index (κ3) is 1.35. The predicted molar refractivity (Wildman–Crippen MR) is 45.3 cm³/mol. The van der Waals surface area contributed by atoms with Crippen LogP contribution in [0.4, 0.5) is 0 Å². The molecular weight excluding hydrogens is 203 g/mol. The van der Waals surface area contributed by atoms with E-state index in [0.717, 1.165) is 6.08 Å². The van der Waals surface area contributed by atoms with Gasteiger partial charge in [0.25, 0.3) is 0 Å². The van der Waals surface area contributed by atoms with Gasteiger partial charge in [-0.15, -0.1) is 11.6 Å². The molecule has 2 N–H and O–H groups in total. The second kappa shape index (κ2) is 3.09. The lowest BCUT2D eigenvalue weighted by molar-refractivity contribution is -0.152. The van der Waals surface area contributed by atoms with E-state index in [4.69, 9.17) is 28.3 Å². The first-order valence-electron chi connectivity index (χ1n) is 3.13. The molecule has 2 unspecified atom stereocenters. The summed E-state index contributed by atoms with van der Waals surface area (Å²) in [6, 6.07) is 0. The molecule has 3 nitrogen and oxygen atoms in total. The Morgan fingerprint density at radius 1 is 1.67 bits per heavy atom. The molecule has 0 bridgehead atoms. The van der Waals surface area contributed by atoms with Gasteiger partial charge >= 0.3 is 5.97 Å². The molecule has 0 fully saturated rings. The normalized spacial score (nSPS) is 34.6. The second-order valence-corrected chi connectivity index (χ2v) is 3.28. The topological polar surface area (TPSA) is 57.5 Å². The summed E-state index contributed by atoms with van der Waals surface area (Å²) >= 11 is 11.1. The molecule has 0 heterocycles. The summed E-state index contributed by atoms with van der Waals surface area (Å²) in [4.78, 5) is 10.6. The van der Waals surface area contributed by atoms with Gasteiger partial charge in [0.2, 0.25) is 5.60 Å². The number of carboxylic acid groups (broad SMARTS) is 1. The maximum atomic E-state index is 10.6. The monoisotopic (exact) mass is 208 g/mol. The largest absolute Gasteiger partial charge is 0.479 e. The summed E-state index contributed by atoms with van der Waals surface area (Å²) < 4.78 is 0. The Labute approximate surface area is 78.9 Å². The SMILES string of the molecule is O=C(O)C1(O)C=CC=C(Cl)C1Cl. The molecule has 0 saturated carbocycles. The maximum absolute atomic E-state index is 10.6. The van der Waals surface area contributed by atoms with Gasteiger partial charge in [-0.1, -0.05) is 17.7 Å². The maximum Gasteiger partial charge on any atom is 0.341 e. The standard InChI is InChI=1S/C7H6Cl2O3/c8-4-2-1-3-7(12,5(4)9)6(10)11/h1-3,5,12H,(H,10,11). The lowest BCUT2D eigenvalue weighted by atomic mass is 9.95. The number of carbonyl (C=O) groups is 1. The number of aliphatic hydroxyl groups is 1.